The number of nitrogens with zero attached hydrogens (tertiary/aromatic N) is 1. The lowest BCUT2D eigenvalue weighted by Gasteiger charge is -2.26. The van der Waals surface area contributed by atoms with Gasteiger partial charge in [0.15, 0.2) is 0 Å². The van der Waals surface area contributed by atoms with E-state index < -0.39 is 10.0 Å². The predicted molar refractivity (Wildman–Crippen MR) is 96.6 cm³/mol. The fraction of sp³-hybridized carbons (Fsp3) is 0.562. The number of carbonyl (C=O) groups is 1. The van der Waals surface area contributed by atoms with E-state index in [0.717, 1.165) is 25.9 Å². The van der Waals surface area contributed by atoms with Crippen LogP contribution in [0.1, 0.15) is 23.2 Å². The molecule has 0 radical (unpaired) electrons. The van der Waals surface area contributed by atoms with Crippen LogP contribution in [-0.4, -0.2) is 64.1 Å². The summed E-state index contributed by atoms with van der Waals surface area (Å²) in [6, 6.07) is 6.26. The number of amides is 1. The second-order valence-corrected chi connectivity index (χ2v) is 8.00. The Morgan fingerprint density at radius 2 is 1.88 bits per heavy atom. The molecule has 2 saturated heterocycles. The van der Waals surface area contributed by atoms with Crippen molar-refractivity contribution in [1.82, 2.24) is 14.9 Å². The van der Waals surface area contributed by atoms with E-state index >= 15 is 0 Å². The quantitative estimate of drug-likeness (QED) is 0.787. The Morgan fingerprint density at radius 1 is 1.20 bits per heavy atom. The lowest BCUT2D eigenvalue weighted by atomic mass is 10.1. The molecule has 0 spiro atoms. The van der Waals surface area contributed by atoms with Crippen LogP contribution in [0, 0.1) is 0 Å². The van der Waals surface area contributed by atoms with E-state index in [9.17, 15) is 13.2 Å². The molecule has 2 heterocycles. The van der Waals surface area contributed by atoms with Crippen LogP contribution >= 0.6 is 12.4 Å². The zero-order valence-corrected chi connectivity index (χ0v) is 15.6. The molecule has 9 heteroatoms. The van der Waals surface area contributed by atoms with Gasteiger partial charge in [-0.05, 0) is 43.7 Å². The molecule has 0 unspecified atom stereocenters. The number of hydrogen-bond acceptors (Lipinski definition) is 5. The molecule has 140 valence electrons. The molecular formula is C16H24ClN3O4S. The van der Waals surface area contributed by atoms with E-state index in [1.807, 2.05) is 0 Å². The molecule has 2 aliphatic rings. The van der Waals surface area contributed by atoms with Gasteiger partial charge in [-0.2, -0.15) is 4.31 Å². The molecule has 0 aromatic heterocycles. The van der Waals surface area contributed by atoms with E-state index in [0.29, 0.717) is 31.9 Å². The molecule has 1 atom stereocenters. The first kappa shape index (κ1) is 20.1. The van der Waals surface area contributed by atoms with Gasteiger partial charge in [0.05, 0.1) is 18.1 Å². The van der Waals surface area contributed by atoms with Crippen LogP contribution in [0.2, 0.25) is 0 Å². The van der Waals surface area contributed by atoms with Crippen molar-refractivity contribution < 1.29 is 17.9 Å². The summed E-state index contributed by atoms with van der Waals surface area (Å²) in [7, 11) is -3.52. The Bertz CT molecular complexity index is 669. The summed E-state index contributed by atoms with van der Waals surface area (Å²) >= 11 is 0. The van der Waals surface area contributed by atoms with Crippen molar-refractivity contribution in [3.05, 3.63) is 29.8 Å². The Labute approximate surface area is 154 Å². The van der Waals surface area contributed by atoms with Crippen molar-refractivity contribution in [1.29, 1.82) is 0 Å². The second kappa shape index (κ2) is 8.95. The minimum atomic E-state index is -3.52. The van der Waals surface area contributed by atoms with Crippen LogP contribution in [0.4, 0.5) is 0 Å². The Hall–Kier alpha value is -1.19. The molecule has 2 fully saturated rings. The van der Waals surface area contributed by atoms with Gasteiger partial charge < -0.3 is 15.4 Å². The molecule has 3 rings (SSSR count). The first-order valence-corrected chi connectivity index (χ1v) is 9.71. The second-order valence-electron chi connectivity index (χ2n) is 6.06. The zero-order chi connectivity index (χ0) is 17.0. The third-order valence-corrected chi connectivity index (χ3v) is 6.27. The van der Waals surface area contributed by atoms with Gasteiger partial charge in [0.1, 0.15) is 0 Å². The SMILES string of the molecule is Cl.O=C(N[C@H]1CCCNC1)c1ccc(S(=O)(=O)N2CCOCC2)cc1. The number of hydrogen-bond donors (Lipinski definition) is 2. The molecule has 7 nitrogen and oxygen atoms in total. The van der Waals surface area contributed by atoms with Crippen molar-refractivity contribution in [2.24, 2.45) is 0 Å². The third-order valence-electron chi connectivity index (χ3n) is 4.36. The average Bonchev–Trinajstić information content (AvgIpc) is 2.63. The zero-order valence-electron chi connectivity index (χ0n) is 13.9. The molecule has 0 aliphatic carbocycles. The lowest BCUT2D eigenvalue weighted by molar-refractivity contribution is 0.0730. The summed E-state index contributed by atoms with van der Waals surface area (Å²) in [6.45, 7) is 3.30. The van der Waals surface area contributed by atoms with Gasteiger partial charge in [0, 0.05) is 31.2 Å². The summed E-state index contributed by atoms with van der Waals surface area (Å²) in [4.78, 5) is 12.5. The summed E-state index contributed by atoms with van der Waals surface area (Å²) in [5.41, 5.74) is 0.474. The average molecular weight is 390 g/mol. The molecule has 1 aromatic carbocycles. The topological polar surface area (TPSA) is 87.7 Å². The van der Waals surface area contributed by atoms with E-state index in [4.69, 9.17) is 4.74 Å². The van der Waals surface area contributed by atoms with Crippen molar-refractivity contribution in [3.63, 3.8) is 0 Å². The molecule has 1 amide bonds. The fourth-order valence-corrected chi connectivity index (χ4v) is 4.37. The fourth-order valence-electron chi connectivity index (χ4n) is 2.96. The monoisotopic (exact) mass is 389 g/mol. The number of nitrogens with one attached hydrogen (secondary N) is 2. The Kier molecular flexibility index (Phi) is 7.21. The minimum Gasteiger partial charge on any atom is -0.379 e. The van der Waals surface area contributed by atoms with Gasteiger partial charge in [-0.25, -0.2) is 8.42 Å². The van der Waals surface area contributed by atoms with Gasteiger partial charge in [-0.3, -0.25) is 4.79 Å². The molecule has 25 heavy (non-hydrogen) atoms. The highest BCUT2D eigenvalue weighted by atomic mass is 35.5. The maximum atomic E-state index is 12.5. The van der Waals surface area contributed by atoms with Gasteiger partial charge in [0.2, 0.25) is 10.0 Å². The molecule has 2 N–H and O–H groups in total. The highest BCUT2D eigenvalue weighted by molar-refractivity contribution is 7.89. The van der Waals surface area contributed by atoms with Crippen LogP contribution in [0.5, 0.6) is 0 Å². The number of rotatable bonds is 4. The molecule has 0 bridgehead atoms. The first-order valence-electron chi connectivity index (χ1n) is 8.27. The van der Waals surface area contributed by atoms with E-state index in [1.165, 1.54) is 16.4 Å². The largest absolute Gasteiger partial charge is 0.379 e. The lowest BCUT2D eigenvalue weighted by Crippen LogP contribution is -2.45. The molecule has 1 aromatic rings. The Balaban J connectivity index is 0.00000225. The van der Waals surface area contributed by atoms with Gasteiger partial charge >= 0.3 is 0 Å². The normalized spacial score (nSPS) is 22.0. The number of piperidine rings is 1. The maximum Gasteiger partial charge on any atom is 0.251 e. The number of halogens is 1. The van der Waals surface area contributed by atoms with Crippen LogP contribution in [-0.2, 0) is 14.8 Å². The van der Waals surface area contributed by atoms with Gasteiger partial charge in [-0.1, -0.05) is 0 Å². The number of morpholine rings is 1. The molecular weight excluding hydrogens is 366 g/mol. The minimum absolute atomic E-state index is 0. The van der Waals surface area contributed by atoms with Crippen LogP contribution in [0.25, 0.3) is 0 Å². The van der Waals surface area contributed by atoms with Crippen molar-refractivity contribution in [2.45, 2.75) is 23.8 Å². The van der Waals surface area contributed by atoms with Crippen LogP contribution in [0.3, 0.4) is 0 Å². The smallest absolute Gasteiger partial charge is 0.251 e. The number of benzene rings is 1. The first-order chi connectivity index (χ1) is 11.6. The van der Waals surface area contributed by atoms with Crippen molar-refractivity contribution in [2.75, 3.05) is 39.4 Å². The standard InChI is InChI=1S/C16H23N3O4S.ClH/c20-16(18-14-2-1-7-17-12-14)13-3-5-15(6-4-13)24(21,22)19-8-10-23-11-9-19;/h3-6,14,17H,1-2,7-12H2,(H,18,20);1H/t14-;/m0./s1. The van der Waals surface area contributed by atoms with Crippen molar-refractivity contribution >= 4 is 28.3 Å². The number of carbonyl (C=O) groups excluding carboxylic acids is 1. The summed E-state index contributed by atoms with van der Waals surface area (Å²) in [5, 5.41) is 6.23. The maximum absolute atomic E-state index is 12.5. The van der Waals surface area contributed by atoms with Gasteiger partial charge in [0.25, 0.3) is 5.91 Å². The highest BCUT2D eigenvalue weighted by Crippen LogP contribution is 2.18. The third kappa shape index (κ3) is 4.92. The van der Waals surface area contributed by atoms with Crippen molar-refractivity contribution in [3.8, 4) is 0 Å². The number of sulfonamides is 1. The van der Waals surface area contributed by atoms with Crippen LogP contribution < -0.4 is 10.6 Å². The molecule has 2 aliphatic heterocycles. The predicted octanol–water partition coefficient (Wildman–Crippen LogP) is 0.611. The molecule has 0 saturated carbocycles. The summed E-state index contributed by atoms with van der Waals surface area (Å²) in [6.07, 6.45) is 2.00. The Morgan fingerprint density at radius 3 is 2.48 bits per heavy atom. The summed E-state index contributed by atoms with van der Waals surface area (Å²) < 4.78 is 31.7. The van der Waals surface area contributed by atoms with E-state index in [2.05, 4.69) is 10.6 Å². The highest BCUT2D eigenvalue weighted by Gasteiger charge is 2.26. The van der Waals surface area contributed by atoms with Gasteiger partial charge in [-0.15, -0.1) is 12.4 Å². The number of ether oxygens (including phenoxy) is 1. The van der Waals surface area contributed by atoms with E-state index in [1.54, 1.807) is 12.1 Å². The summed E-state index contributed by atoms with van der Waals surface area (Å²) in [5.74, 6) is -0.168. The van der Waals surface area contributed by atoms with E-state index in [-0.39, 0.29) is 29.3 Å². The van der Waals surface area contributed by atoms with Crippen LogP contribution in [0.15, 0.2) is 29.2 Å².